The smallest absolute Gasteiger partial charge is 0.141 e. The van der Waals surface area contributed by atoms with Gasteiger partial charge >= 0.3 is 0 Å². The maximum absolute atomic E-state index is 7.19. The van der Waals surface area contributed by atoms with E-state index in [2.05, 4.69) is 18.8 Å². The highest BCUT2D eigenvalue weighted by atomic mass is 35.5. The fourth-order valence-corrected chi connectivity index (χ4v) is 0.923. The summed E-state index contributed by atoms with van der Waals surface area (Å²) in [4.78, 5) is 4.22. The van der Waals surface area contributed by atoms with E-state index in [0.717, 1.165) is 5.69 Å². The first-order valence-electron chi connectivity index (χ1n) is 3.92. The molecule has 0 aliphatic heterocycles. The summed E-state index contributed by atoms with van der Waals surface area (Å²) in [7, 11) is 0. The predicted molar refractivity (Wildman–Crippen MR) is 56.6 cm³/mol. The van der Waals surface area contributed by atoms with Crippen LogP contribution in [0.3, 0.4) is 0 Å². The summed E-state index contributed by atoms with van der Waals surface area (Å²) in [5.74, 6) is 0.404. The van der Waals surface area contributed by atoms with E-state index >= 15 is 0 Å². The Hall–Kier alpha value is -1.09. The molecule has 1 aromatic heterocycles. The van der Waals surface area contributed by atoms with Gasteiger partial charge in [0.25, 0.3) is 0 Å². The zero-order valence-corrected chi connectivity index (χ0v) is 8.56. The van der Waals surface area contributed by atoms with Crippen LogP contribution in [0.25, 0.3) is 0 Å². The number of nitrogen functional groups attached to an aromatic ring is 1. The number of amidine groups is 1. The zero-order valence-electron chi connectivity index (χ0n) is 7.74. The molecule has 72 valence electrons. The van der Waals surface area contributed by atoms with Gasteiger partial charge in [-0.05, 0) is 18.1 Å². The van der Waals surface area contributed by atoms with Gasteiger partial charge in [0.05, 0.1) is 0 Å². The van der Waals surface area contributed by atoms with Crippen LogP contribution in [0.1, 0.15) is 31.2 Å². The summed E-state index contributed by atoms with van der Waals surface area (Å²) in [5, 5.41) is 7.19. The predicted octanol–water partition coefficient (Wildman–Crippen LogP) is 1.91. The van der Waals surface area contributed by atoms with E-state index in [4.69, 9.17) is 11.1 Å². The molecular formula is C9H14ClN3. The number of rotatable bonds is 2. The van der Waals surface area contributed by atoms with Gasteiger partial charge in [-0.3, -0.25) is 5.41 Å². The molecule has 0 unspecified atom stereocenters. The first-order chi connectivity index (χ1) is 5.61. The standard InChI is InChI=1S/C9H13N3.ClH/c1-6(2)7-4-3-5-8(12-7)9(10)11;/h3-6H,1-2H3,(H3,10,11);1H. The van der Waals surface area contributed by atoms with Crippen LogP contribution < -0.4 is 5.73 Å². The van der Waals surface area contributed by atoms with Crippen molar-refractivity contribution in [3.63, 3.8) is 0 Å². The Morgan fingerprint density at radius 1 is 1.46 bits per heavy atom. The Balaban J connectivity index is 0.00000144. The molecule has 3 N–H and O–H groups in total. The Labute approximate surface area is 84.3 Å². The minimum atomic E-state index is 0. The van der Waals surface area contributed by atoms with Gasteiger partial charge in [-0.15, -0.1) is 12.4 Å². The Morgan fingerprint density at radius 3 is 2.54 bits per heavy atom. The maximum atomic E-state index is 7.19. The fourth-order valence-electron chi connectivity index (χ4n) is 0.923. The minimum absolute atomic E-state index is 0. The lowest BCUT2D eigenvalue weighted by Gasteiger charge is -2.05. The summed E-state index contributed by atoms with van der Waals surface area (Å²) in [6, 6.07) is 5.56. The second-order valence-corrected chi connectivity index (χ2v) is 3.02. The summed E-state index contributed by atoms with van der Waals surface area (Å²) in [6.45, 7) is 4.12. The van der Waals surface area contributed by atoms with Gasteiger partial charge in [-0.25, -0.2) is 4.98 Å². The lowest BCUT2D eigenvalue weighted by Crippen LogP contribution is -2.13. The monoisotopic (exact) mass is 199 g/mol. The summed E-state index contributed by atoms with van der Waals surface area (Å²) < 4.78 is 0. The summed E-state index contributed by atoms with van der Waals surface area (Å²) >= 11 is 0. The Bertz CT molecular complexity index is 297. The van der Waals surface area contributed by atoms with Crippen molar-refractivity contribution in [2.75, 3.05) is 0 Å². The lowest BCUT2D eigenvalue weighted by molar-refractivity contribution is 0.820. The fraction of sp³-hybridized carbons (Fsp3) is 0.333. The van der Waals surface area contributed by atoms with Crippen molar-refractivity contribution in [3.05, 3.63) is 29.6 Å². The van der Waals surface area contributed by atoms with Crippen LogP contribution in [0.15, 0.2) is 18.2 Å². The molecule has 0 fully saturated rings. The van der Waals surface area contributed by atoms with Gasteiger partial charge in [0.2, 0.25) is 0 Å². The van der Waals surface area contributed by atoms with Gasteiger partial charge in [0.15, 0.2) is 0 Å². The quantitative estimate of drug-likeness (QED) is 0.565. The maximum Gasteiger partial charge on any atom is 0.141 e. The van der Waals surface area contributed by atoms with E-state index in [0.29, 0.717) is 11.6 Å². The lowest BCUT2D eigenvalue weighted by atomic mass is 10.1. The van der Waals surface area contributed by atoms with Crippen molar-refractivity contribution in [3.8, 4) is 0 Å². The highest BCUT2D eigenvalue weighted by Gasteiger charge is 2.02. The van der Waals surface area contributed by atoms with Crippen molar-refractivity contribution in [2.24, 2.45) is 5.73 Å². The van der Waals surface area contributed by atoms with Crippen molar-refractivity contribution >= 4 is 18.2 Å². The number of nitrogens with one attached hydrogen (secondary N) is 1. The van der Waals surface area contributed by atoms with Crippen molar-refractivity contribution in [1.82, 2.24) is 4.98 Å². The molecule has 1 aromatic rings. The number of nitrogens with two attached hydrogens (primary N) is 1. The number of hydrogen-bond acceptors (Lipinski definition) is 2. The average Bonchev–Trinajstić information content (AvgIpc) is 2.04. The third-order valence-electron chi connectivity index (χ3n) is 1.64. The third kappa shape index (κ3) is 3.03. The van der Waals surface area contributed by atoms with Crippen LogP contribution >= 0.6 is 12.4 Å². The van der Waals surface area contributed by atoms with Gasteiger partial charge in [0, 0.05) is 5.69 Å². The Morgan fingerprint density at radius 2 is 2.08 bits per heavy atom. The van der Waals surface area contributed by atoms with Crippen LogP contribution in [-0.2, 0) is 0 Å². The average molecular weight is 200 g/mol. The SMILES string of the molecule is CC(C)c1cccc(C(=N)N)n1.Cl. The van der Waals surface area contributed by atoms with Gasteiger partial charge < -0.3 is 5.73 Å². The number of aromatic nitrogens is 1. The molecular weight excluding hydrogens is 186 g/mol. The molecule has 0 bridgehead atoms. The molecule has 0 aliphatic carbocycles. The molecule has 0 spiro atoms. The van der Waals surface area contributed by atoms with Crippen LogP contribution in [0.5, 0.6) is 0 Å². The second-order valence-electron chi connectivity index (χ2n) is 3.02. The molecule has 13 heavy (non-hydrogen) atoms. The van der Waals surface area contributed by atoms with Crippen molar-refractivity contribution in [2.45, 2.75) is 19.8 Å². The van der Waals surface area contributed by atoms with Gasteiger partial charge in [-0.1, -0.05) is 19.9 Å². The summed E-state index contributed by atoms with van der Waals surface area (Å²) in [5.41, 5.74) is 6.83. The van der Waals surface area contributed by atoms with Crippen LogP contribution in [0.2, 0.25) is 0 Å². The molecule has 4 heteroatoms. The topological polar surface area (TPSA) is 62.8 Å². The molecule has 3 nitrogen and oxygen atoms in total. The largest absolute Gasteiger partial charge is 0.382 e. The van der Waals surface area contributed by atoms with E-state index in [1.807, 2.05) is 12.1 Å². The van der Waals surface area contributed by atoms with Gasteiger partial charge in [-0.2, -0.15) is 0 Å². The van der Waals surface area contributed by atoms with Crippen LogP contribution in [-0.4, -0.2) is 10.8 Å². The Kier molecular flexibility index (Phi) is 4.42. The molecule has 1 heterocycles. The van der Waals surface area contributed by atoms with E-state index in [1.54, 1.807) is 6.07 Å². The summed E-state index contributed by atoms with van der Waals surface area (Å²) in [6.07, 6.45) is 0. The number of pyridine rings is 1. The molecule has 0 aromatic carbocycles. The van der Waals surface area contributed by atoms with E-state index < -0.39 is 0 Å². The number of halogens is 1. The number of nitrogens with zero attached hydrogens (tertiary/aromatic N) is 1. The first kappa shape index (κ1) is 11.9. The minimum Gasteiger partial charge on any atom is -0.382 e. The van der Waals surface area contributed by atoms with E-state index in [-0.39, 0.29) is 18.2 Å². The molecule has 1 rings (SSSR count). The van der Waals surface area contributed by atoms with E-state index in [9.17, 15) is 0 Å². The van der Waals surface area contributed by atoms with E-state index in [1.165, 1.54) is 0 Å². The molecule has 0 aliphatic rings. The van der Waals surface area contributed by atoms with Gasteiger partial charge in [0.1, 0.15) is 11.5 Å². The first-order valence-corrected chi connectivity index (χ1v) is 3.92. The second kappa shape index (κ2) is 4.82. The molecule has 0 saturated carbocycles. The van der Waals surface area contributed by atoms with Crippen molar-refractivity contribution in [1.29, 1.82) is 5.41 Å². The normalized spacial score (nSPS) is 9.46. The molecule has 0 amide bonds. The molecule has 0 radical (unpaired) electrons. The highest BCUT2D eigenvalue weighted by molar-refractivity contribution is 5.92. The van der Waals surface area contributed by atoms with Crippen LogP contribution in [0, 0.1) is 5.41 Å². The van der Waals surface area contributed by atoms with Crippen molar-refractivity contribution < 1.29 is 0 Å². The third-order valence-corrected chi connectivity index (χ3v) is 1.64. The zero-order chi connectivity index (χ0) is 9.14. The molecule has 0 atom stereocenters. The van der Waals surface area contributed by atoms with Crippen LogP contribution in [0.4, 0.5) is 0 Å². The highest BCUT2D eigenvalue weighted by Crippen LogP contribution is 2.10. The number of hydrogen-bond donors (Lipinski definition) is 2. The molecule has 0 saturated heterocycles.